The molecule has 282 valence electrons. The van der Waals surface area contributed by atoms with Crippen molar-refractivity contribution in [3.05, 3.63) is 23.8 Å². The normalized spacial score (nSPS) is 15.0. The molecule has 0 saturated heterocycles. The number of hydrogen-bond donors (Lipinski definition) is 1. The minimum Gasteiger partial charge on any atom is -0.493 e. The second kappa shape index (κ2) is 13.0. The van der Waals surface area contributed by atoms with E-state index in [1.54, 1.807) is 0 Å². The summed E-state index contributed by atoms with van der Waals surface area (Å²) in [7, 11) is 0.361. The first-order valence-electron chi connectivity index (χ1n) is 11.3. The fourth-order valence-corrected chi connectivity index (χ4v) is 2.79. The highest BCUT2D eigenvalue weighted by Gasteiger charge is 2.79. The van der Waals surface area contributed by atoms with Gasteiger partial charge in [-0.25, -0.2) is 9.59 Å². The molecular weight excluding hydrogens is 761 g/mol. The second-order valence-electron chi connectivity index (χ2n) is 8.84. The monoisotopic (exact) mass is 771 g/mol. The van der Waals surface area contributed by atoms with E-state index in [0.29, 0.717) is 12.4 Å². The molecule has 1 rings (SSSR count). The van der Waals surface area contributed by atoms with Gasteiger partial charge in [0.1, 0.15) is 6.10 Å². The molecule has 0 spiro atoms. The molecule has 0 bridgehead atoms. The van der Waals surface area contributed by atoms with Crippen molar-refractivity contribution < 1.29 is 121 Å². The Morgan fingerprint density at radius 2 is 0.980 bits per heavy atom. The Hall–Kier alpha value is -4.04. The van der Waals surface area contributed by atoms with E-state index in [2.05, 4.69) is 14.2 Å². The predicted octanol–water partition coefficient (Wildman–Crippen LogP) is 6.80. The first-order valence-corrected chi connectivity index (χ1v) is 11.3. The summed E-state index contributed by atoms with van der Waals surface area (Å²) in [6, 6.07) is -0.279. The molecular formula is C21H10F21NO6. The van der Waals surface area contributed by atoms with E-state index in [4.69, 9.17) is 0 Å². The molecule has 0 saturated carbocycles. The van der Waals surface area contributed by atoms with Crippen molar-refractivity contribution in [2.45, 2.75) is 60.2 Å². The van der Waals surface area contributed by atoms with Crippen LogP contribution in [0.25, 0.3) is 0 Å². The smallest absolute Gasteiger partial charge is 0.460 e. The van der Waals surface area contributed by atoms with Gasteiger partial charge in [0.25, 0.3) is 5.91 Å². The van der Waals surface area contributed by atoms with Gasteiger partial charge in [-0.2, -0.15) is 92.2 Å². The lowest BCUT2D eigenvalue weighted by Gasteiger charge is -2.29. The van der Waals surface area contributed by atoms with Crippen LogP contribution in [-0.2, 0) is 19.1 Å². The highest BCUT2D eigenvalue weighted by atomic mass is 19.4. The quantitative estimate of drug-likeness (QED) is 0.143. The van der Waals surface area contributed by atoms with Crippen LogP contribution in [0.3, 0.4) is 0 Å². The Morgan fingerprint density at radius 3 is 1.37 bits per heavy atom. The molecule has 49 heavy (non-hydrogen) atoms. The first kappa shape index (κ1) is 43.0. The minimum absolute atomic E-state index is 0.0578. The van der Waals surface area contributed by atoms with Crippen molar-refractivity contribution >= 4 is 17.8 Å². The number of alkyl halides is 21. The molecule has 0 aliphatic heterocycles. The SMILES string of the molecule is COc1cc(C(CNC(=O)C(F)(F)C(F)(F)C(F)(F)F)OC(=O)C(F)(F)C(F)(F)C(F)(F)F)ccc1OC(=O)C(F)(F)C(F)(F)C(F)(F)F. The summed E-state index contributed by atoms with van der Waals surface area (Å²) in [6.07, 6.45) is -24.8. The van der Waals surface area contributed by atoms with Gasteiger partial charge in [0, 0.05) is 0 Å². The van der Waals surface area contributed by atoms with Crippen LogP contribution in [-0.4, -0.2) is 85.6 Å². The lowest BCUT2D eigenvalue weighted by atomic mass is 10.1. The number of esters is 2. The van der Waals surface area contributed by atoms with E-state index < -0.39 is 102 Å². The summed E-state index contributed by atoms with van der Waals surface area (Å²) in [5.41, 5.74) is -1.42. The number of nitrogens with one attached hydrogen (secondary N) is 1. The van der Waals surface area contributed by atoms with Crippen LogP contribution in [0.1, 0.15) is 11.7 Å². The lowest BCUT2D eigenvalue weighted by Crippen LogP contribution is -2.60. The molecule has 1 N–H and O–H groups in total. The lowest BCUT2D eigenvalue weighted by molar-refractivity contribution is -0.349. The number of carbonyl (C=O) groups is 3. The zero-order valence-corrected chi connectivity index (χ0v) is 22.4. The molecule has 0 aromatic heterocycles. The van der Waals surface area contributed by atoms with E-state index in [1.165, 1.54) is 0 Å². The van der Waals surface area contributed by atoms with Crippen molar-refractivity contribution in [2.24, 2.45) is 0 Å². The molecule has 7 nitrogen and oxygen atoms in total. The number of benzene rings is 1. The van der Waals surface area contributed by atoms with E-state index in [1.807, 2.05) is 0 Å². The molecule has 0 fully saturated rings. The molecule has 28 heteroatoms. The van der Waals surface area contributed by atoms with Crippen molar-refractivity contribution in [1.82, 2.24) is 5.32 Å². The third-order valence-electron chi connectivity index (χ3n) is 5.51. The van der Waals surface area contributed by atoms with Crippen LogP contribution in [0.15, 0.2) is 18.2 Å². The van der Waals surface area contributed by atoms with Crippen molar-refractivity contribution in [2.75, 3.05) is 13.7 Å². The Bertz CT molecular complexity index is 1400. The molecule has 0 heterocycles. The average molecular weight is 771 g/mol. The fraction of sp³-hybridized carbons (Fsp3) is 0.571. The topological polar surface area (TPSA) is 90.9 Å². The van der Waals surface area contributed by atoms with Crippen LogP contribution >= 0.6 is 0 Å². The summed E-state index contributed by atoms with van der Waals surface area (Å²) in [5, 5.41) is 0.444. The molecule has 0 aliphatic carbocycles. The fourth-order valence-electron chi connectivity index (χ4n) is 2.79. The maximum absolute atomic E-state index is 13.8. The Morgan fingerprint density at radius 1 is 0.592 bits per heavy atom. The molecule has 1 atom stereocenters. The number of ether oxygens (including phenoxy) is 3. The van der Waals surface area contributed by atoms with Gasteiger partial charge < -0.3 is 19.5 Å². The van der Waals surface area contributed by atoms with Gasteiger partial charge in [0.15, 0.2) is 11.5 Å². The molecule has 1 amide bonds. The van der Waals surface area contributed by atoms with E-state index in [0.717, 1.165) is 0 Å². The van der Waals surface area contributed by atoms with Crippen LogP contribution in [0.5, 0.6) is 11.5 Å². The van der Waals surface area contributed by atoms with E-state index in [-0.39, 0.29) is 18.2 Å². The van der Waals surface area contributed by atoms with Gasteiger partial charge in [-0.15, -0.1) is 0 Å². The average Bonchev–Trinajstić information content (AvgIpc) is 2.92. The van der Waals surface area contributed by atoms with E-state index in [9.17, 15) is 107 Å². The summed E-state index contributed by atoms with van der Waals surface area (Å²) >= 11 is 0. The van der Waals surface area contributed by atoms with Gasteiger partial charge in [0.05, 0.1) is 13.7 Å². The van der Waals surface area contributed by atoms with Crippen LogP contribution < -0.4 is 14.8 Å². The second-order valence-corrected chi connectivity index (χ2v) is 8.84. The summed E-state index contributed by atoms with van der Waals surface area (Å²) in [4.78, 5) is 34.7. The van der Waals surface area contributed by atoms with Gasteiger partial charge in [0.2, 0.25) is 0 Å². The number of halogens is 21. The van der Waals surface area contributed by atoms with Gasteiger partial charge in [-0.05, 0) is 17.7 Å². The van der Waals surface area contributed by atoms with Crippen LogP contribution in [0, 0.1) is 0 Å². The largest absolute Gasteiger partial charge is 0.493 e. The van der Waals surface area contributed by atoms with Gasteiger partial charge in [-0.1, -0.05) is 6.07 Å². The van der Waals surface area contributed by atoms with Gasteiger partial charge in [-0.3, -0.25) is 4.79 Å². The first-order chi connectivity index (χ1) is 21.5. The van der Waals surface area contributed by atoms with Gasteiger partial charge >= 0.3 is 66.0 Å². The number of rotatable bonds is 12. The Kier molecular flexibility index (Phi) is 11.4. The third kappa shape index (κ3) is 7.75. The van der Waals surface area contributed by atoms with Crippen LogP contribution in [0.4, 0.5) is 92.2 Å². The third-order valence-corrected chi connectivity index (χ3v) is 5.51. The zero-order chi connectivity index (χ0) is 39.2. The maximum Gasteiger partial charge on any atom is 0.460 e. The Labute approximate surface area is 254 Å². The van der Waals surface area contributed by atoms with Crippen molar-refractivity contribution in [3.8, 4) is 11.5 Å². The van der Waals surface area contributed by atoms with E-state index >= 15 is 0 Å². The highest BCUT2D eigenvalue weighted by molar-refractivity contribution is 5.85. The molecule has 1 aromatic carbocycles. The number of amides is 1. The molecule has 0 aliphatic rings. The number of methoxy groups -OCH3 is 1. The standard InChI is InChI=1S/C21H10F21NO6/c1-47-8-4-6(2-3-7(8)48-11(45)14(24,25)17(30,31)20(37,38)39)9(49-12(46)15(26,27)18(32,33)21(40,41)42)5-43-10(44)13(22,23)16(28,29)19(34,35)36/h2-4,9H,5H2,1H3,(H,43,44). The molecule has 1 unspecified atom stereocenters. The van der Waals surface area contributed by atoms with Crippen molar-refractivity contribution in [3.63, 3.8) is 0 Å². The Balaban J connectivity index is 3.67. The number of hydrogen-bond acceptors (Lipinski definition) is 6. The minimum atomic E-state index is -7.33. The summed E-state index contributed by atoms with van der Waals surface area (Å²) in [5.74, 6) is -56.8. The molecule has 1 aromatic rings. The summed E-state index contributed by atoms with van der Waals surface area (Å²) in [6.45, 7) is -2.33. The predicted molar refractivity (Wildman–Crippen MR) is 108 cm³/mol. The maximum atomic E-state index is 13.8. The number of carbonyl (C=O) groups excluding carboxylic acids is 3. The van der Waals surface area contributed by atoms with Crippen LogP contribution in [0.2, 0.25) is 0 Å². The summed E-state index contributed by atoms with van der Waals surface area (Å²) < 4.78 is 284. The zero-order valence-electron chi connectivity index (χ0n) is 22.4. The molecule has 0 radical (unpaired) electrons. The highest BCUT2D eigenvalue weighted by Crippen LogP contribution is 2.50. The van der Waals surface area contributed by atoms with Crippen molar-refractivity contribution in [1.29, 1.82) is 0 Å².